The third-order valence-corrected chi connectivity index (χ3v) is 7.35. The van der Waals surface area contributed by atoms with E-state index >= 15 is 0 Å². The summed E-state index contributed by atoms with van der Waals surface area (Å²) in [5.41, 5.74) is 0.576. The van der Waals surface area contributed by atoms with Crippen molar-refractivity contribution in [1.29, 1.82) is 0 Å². The summed E-state index contributed by atoms with van der Waals surface area (Å²) in [5.74, 6) is -1.65. The van der Waals surface area contributed by atoms with Gasteiger partial charge in [-0.3, -0.25) is 24.5 Å². The van der Waals surface area contributed by atoms with Crippen LogP contribution >= 0.6 is 11.6 Å². The van der Waals surface area contributed by atoms with Crippen LogP contribution in [0.15, 0.2) is 48.5 Å². The number of hydrogen-bond acceptors (Lipinski definition) is 5. The first-order valence-electron chi connectivity index (χ1n) is 10.5. The van der Waals surface area contributed by atoms with Gasteiger partial charge < -0.3 is 0 Å². The van der Waals surface area contributed by atoms with E-state index in [2.05, 4.69) is 0 Å². The lowest BCUT2D eigenvalue weighted by atomic mass is 9.81. The number of nitrogens with zero attached hydrogens (tertiary/aromatic N) is 3. The summed E-state index contributed by atoms with van der Waals surface area (Å²) in [7, 11) is 0. The number of hydrazine groups is 1. The van der Waals surface area contributed by atoms with Crippen molar-refractivity contribution >= 4 is 35.0 Å². The molecule has 0 radical (unpaired) electrons. The van der Waals surface area contributed by atoms with E-state index in [1.807, 2.05) is 0 Å². The summed E-state index contributed by atoms with van der Waals surface area (Å²) in [6.45, 7) is -0.0677. The van der Waals surface area contributed by atoms with E-state index in [0.29, 0.717) is 10.6 Å². The van der Waals surface area contributed by atoms with Gasteiger partial charge in [0.25, 0.3) is 23.4 Å². The van der Waals surface area contributed by atoms with E-state index in [4.69, 9.17) is 11.6 Å². The molecule has 2 aromatic rings. The molecule has 164 valence electrons. The number of benzene rings is 2. The van der Waals surface area contributed by atoms with Gasteiger partial charge in [-0.15, -0.1) is 0 Å². The third kappa shape index (κ3) is 3.17. The van der Waals surface area contributed by atoms with Crippen molar-refractivity contribution in [3.8, 4) is 0 Å². The molecule has 32 heavy (non-hydrogen) atoms. The number of rotatable bonds is 5. The molecule has 1 heterocycles. The normalized spacial score (nSPS) is 25.8. The Labute approximate surface area is 188 Å². The number of amides is 3. The zero-order valence-corrected chi connectivity index (χ0v) is 17.8. The van der Waals surface area contributed by atoms with Crippen molar-refractivity contribution in [2.24, 2.45) is 23.7 Å². The second-order valence-corrected chi connectivity index (χ2v) is 9.04. The van der Waals surface area contributed by atoms with Crippen molar-refractivity contribution in [2.75, 3.05) is 0 Å². The quantitative estimate of drug-likeness (QED) is 0.389. The van der Waals surface area contributed by atoms with Crippen molar-refractivity contribution in [2.45, 2.75) is 25.8 Å². The number of hydrogen-bond donors (Lipinski definition) is 0. The summed E-state index contributed by atoms with van der Waals surface area (Å²) < 4.78 is 0. The Balaban J connectivity index is 1.52. The lowest BCUT2D eigenvalue weighted by molar-refractivity contribution is -0.384. The molecule has 3 fully saturated rings. The van der Waals surface area contributed by atoms with E-state index in [1.54, 1.807) is 24.3 Å². The monoisotopic (exact) mass is 453 g/mol. The average Bonchev–Trinajstić information content (AvgIpc) is 3.47. The highest BCUT2D eigenvalue weighted by Gasteiger charge is 2.62. The van der Waals surface area contributed by atoms with Crippen LogP contribution in [0.25, 0.3) is 0 Å². The molecule has 1 saturated heterocycles. The molecule has 3 aliphatic rings. The molecule has 2 bridgehead atoms. The number of non-ortho nitro benzene ring substituents is 1. The minimum absolute atomic E-state index is 0.0677. The number of nitro benzene ring substituents is 1. The Morgan fingerprint density at radius 1 is 1.03 bits per heavy atom. The van der Waals surface area contributed by atoms with Gasteiger partial charge in [0.15, 0.2) is 0 Å². The Hall–Kier alpha value is -3.26. The molecule has 0 spiro atoms. The van der Waals surface area contributed by atoms with Crippen molar-refractivity contribution in [3.05, 3.63) is 74.8 Å². The smallest absolute Gasteiger partial charge is 0.272 e. The van der Waals surface area contributed by atoms with Gasteiger partial charge in [0.2, 0.25) is 0 Å². The lowest BCUT2D eigenvalue weighted by Gasteiger charge is -2.31. The van der Waals surface area contributed by atoms with E-state index in [-0.39, 0.29) is 53.3 Å². The van der Waals surface area contributed by atoms with E-state index in [9.17, 15) is 24.5 Å². The summed E-state index contributed by atoms with van der Waals surface area (Å²) in [5, 5.41) is 13.5. The molecule has 9 heteroatoms. The van der Waals surface area contributed by atoms with Gasteiger partial charge in [-0.1, -0.05) is 29.8 Å². The summed E-state index contributed by atoms with van der Waals surface area (Å²) in [4.78, 5) is 50.6. The van der Waals surface area contributed by atoms with Gasteiger partial charge in [0.05, 0.1) is 23.3 Å². The standard InChI is InChI=1S/C23H20ClN3O5/c24-18-4-2-1-3-16(18)12-25(21(28)13-7-9-17(10-8-13)27(31)32)26-22(29)19-14-5-6-15(11-14)20(19)23(26)30/h1-4,7-10,14-15,19-20H,5-6,11-12H2/t14-,15-,19-,20-/m0/s1. The van der Waals surface area contributed by atoms with Gasteiger partial charge in [0, 0.05) is 22.7 Å². The van der Waals surface area contributed by atoms with E-state index < -0.39 is 10.8 Å². The highest BCUT2D eigenvalue weighted by atomic mass is 35.5. The zero-order chi connectivity index (χ0) is 22.6. The van der Waals surface area contributed by atoms with Crippen LogP contribution in [0.5, 0.6) is 0 Å². The SMILES string of the molecule is O=C(c1ccc([N+](=O)[O-])cc1)N(Cc1ccccc1Cl)N1C(=O)[C@H]2[C@H]3CC[C@@H](C3)[C@@H]2C1=O. The van der Waals surface area contributed by atoms with E-state index in [0.717, 1.165) is 29.3 Å². The zero-order valence-electron chi connectivity index (χ0n) is 17.0. The van der Waals surface area contributed by atoms with Gasteiger partial charge in [-0.2, -0.15) is 5.01 Å². The number of fused-ring (bicyclic) bond motifs is 5. The van der Waals surface area contributed by atoms with Gasteiger partial charge in [-0.25, -0.2) is 5.01 Å². The maximum atomic E-state index is 13.5. The Bertz CT molecular complexity index is 1110. The fourth-order valence-electron chi connectivity index (χ4n) is 5.53. The van der Waals surface area contributed by atoms with Crippen LogP contribution in [-0.4, -0.2) is 32.7 Å². The Morgan fingerprint density at radius 2 is 1.62 bits per heavy atom. The highest BCUT2D eigenvalue weighted by Crippen LogP contribution is 2.56. The van der Waals surface area contributed by atoms with Crippen molar-refractivity contribution in [1.82, 2.24) is 10.0 Å². The molecular formula is C23H20ClN3O5. The first kappa shape index (κ1) is 20.6. The maximum absolute atomic E-state index is 13.5. The van der Waals surface area contributed by atoms with Gasteiger partial charge in [0.1, 0.15) is 0 Å². The van der Waals surface area contributed by atoms with Crippen LogP contribution in [0.3, 0.4) is 0 Å². The third-order valence-electron chi connectivity index (χ3n) is 6.98. The Morgan fingerprint density at radius 3 is 2.19 bits per heavy atom. The molecular weight excluding hydrogens is 434 g/mol. The second kappa shape index (κ2) is 7.70. The molecule has 0 unspecified atom stereocenters. The molecule has 0 aromatic heterocycles. The fraction of sp³-hybridized carbons (Fsp3) is 0.348. The van der Waals surface area contributed by atoms with Crippen LogP contribution in [0.2, 0.25) is 5.02 Å². The number of carbonyl (C=O) groups is 3. The Kier molecular flexibility index (Phi) is 4.97. The minimum Gasteiger partial charge on any atom is -0.272 e. The van der Waals surface area contributed by atoms with Gasteiger partial charge >= 0.3 is 0 Å². The average molecular weight is 454 g/mol. The first-order valence-corrected chi connectivity index (χ1v) is 10.9. The molecule has 2 aromatic carbocycles. The predicted octanol–water partition coefficient (Wildman–Crippen LogP) is 3.84. The molecule has 0 N–H and O–H groups in total. The fourth-order valence-corrected chi connectivity index (χ4v) is 5.72. The second-order valence-electron chi connectivity index (χ2n) is 8.63. The van der Waals surface area contributed by atoms with Crippen LogP contribution < -0.4 is 0 Å². The highest BCUT2D eigenvalue weighted by molar-refractivity contribution is 6.31. The number of nitro groups is 1. The number of imide groups is 1. The molecule has 1 aliphatic heterocycles. The number of halogens is 1. The van der Waals surface area contributed by atoms with Crippen molar-refractivity contribution in [3.63, 3.8) is 0 Å². The first-order chi connectivity index (χ1) is 15.4. The summed E-state index contributed by atoms with van der Waals surface area (Å²) in [6.07, 6.45) is 2.75. The summed E-state index contributed by atoms with van der Waals surface area (Å²) >= 11 is 6.30. The summed E-state index contributed by atoms with van der Waals surface area (Å²) in [6, 6.07) is 12.0. The van der Waals surface area contributed by atoms with Gasteiger partial charge in [-0.05, 0) is 54.9 Å². The van der Waals surface area contributed by atoms with E-state index in [1.165, 1.54) is 24.3 Å². The van der Waals surface area contributed by atoms with Crippen LogP contribution in [0.4, 0.5) is 5.69 Å². The molecule has 8 nitrogen and oxygen atoms in total. The van der Waals surface area contributed by atoms with Crippen molar-refractivity contribution < 1.29 is 19.3 Å². The largest absolute Gasteiger partial charge is 0.273 e. The molecule has 3 amide bonds. The molecule has 4 atom stereocenters. The minimum atomic E-state index is -0.589. The molecule has 2 saturated carbocycles. The maximum Gasteiger partial charge on any atom is 0.273 e. The van der Waals surface area contributed by atoms with Crippen LogP contribution in [0.1, 0.15) is 35.2 Å². The molecule has 5 rings (SSSR count). The number of carbonyl (C=O) groups excluding carboxylic acids is 3. The predicted molar refractivity (Wildman–Crippen MR) is 114 cm³/mol. The van der Waals surface area contributed by atoms with Crippen LogP contribution in [0, 0.1) is 33.8 Å². The van der Waals surface area contributed by atoms with Crippen LogP contribution in [-0.2, 0) is 16.1 Å². The lowest BCUT2D eigenvalue weighted by Crippen LogP contribution is -2.50. The topological polar surface area (TPSA) is 101 Å². The molecule has 2 aliphatic carbocycles.